The van der Waals surface area contributed by atoms with Crippen LogP contribution in [-0.4, -0.2) is 19.9 Å². The molecule has 0 saturated heterocycles. The van der Waals surface area contributed by atoms with E-state index >= 15 is 0 Å². The number of benzene rings is 1. The van der Waals surface area contributed by atoms with Gasteiger partial charge in [0.2, 0.25) is 0 Å². The average molecular weight is 333 g/mol. The summed E-state index contributed by atoms with van der Waals surface area (Å²) < 4.78 is 0. The van der Waals surface area contributed by atoms with Crippen LogP contribution in [0.1, 0.15) is 5.56 Å². The second-order valence-corrected chi connectivity index (χ2v) is 3.66. The van der Waals surface area contributed by atoms with Crippen molar-refractivity contribution in [2.24, 2.45) is 0 Å². The molecule has 1 aromatic carbocycles. The molecule has 0 spiro atoms. The molecule has 0 atom stereocenters. The number of aromatic nitrogens is 4. The molecule has 2 N–H and O–H groups in total. The standard InChI is InChI=1S/C12H11N5.Ag/c1-2-4-9(5-3-1)6-13-11-10-12(15-7-14-10)17-8-16-11;/h1-5,7-8H,6H2,(H2,13,14,15,16,17);. The zero-order valence-corrected chi connectivity index (χ0v) is 10.9. The van der Waals surface area contributed by atoms with Gasteiger partial charge in [0.05, 0.1) is 6.33 Å². The minimum atomic E-state index is 0. The molecule has 3 aromatic rings. The Morgan fingerprint density at radius 1 is 1.06 bits per heavy atom. The summed E-state index contributed by atoms with van der Waals surface area (Å²) in [5.41, 5.74) is 2.72. The third-order valence-corrected chi connectivity index (χ3v) is 2.53. The maximum atomic E-state index is 4.20. The smallest absolute Gasteiger partial charge is 0.182 e. The van der Waals surface area contributed by atoms with Gasteiger partial charge in [-0.3, -0.25) is 0 Å². The summed E-state index contributed by atoms with van der Waals surface area (Å²) in [5.74, 6) is 0.774. The Kier molecular flexibility index (Phi) is 4.09. The molecule has 0 fully saturated rings. The maximum Gasteiger partial charge on any atom is 0.182 e. The predicted octanol–water partition coefficient (Wildman–Crippen LogP) is 1.96. The fourth-order valence-electron chi connectivity index (χ4n) is 1.68. The molecule has 5 nitrogen and oxygen atoms in total. The number of hydrogen-bond donors (Lipinski definition) is 2. The molecule has 0 aliphatic heterocycles. The van der Waals surface area contributed by atoms with E-state index in [4.69, 9.17) is 0 Å². The summed E-state index contributed by atoms with van der Waals surface area (Å²) in [7, 11) is 0. The van der Waals surface area contributed by atoms with Crippen LogP contribution in [0, 0.1) is 0 Å². The van der Waals surface area contributed by atoms with Gasteiger partial charge in [0.1, 0.15) is 11.8 Å². The molecule has 0 amide bonds. The molecule has 0 aliphatic rings. The summed E-state index contributed by atoms with van der Waals surface area (Å²) in [6, 6.07) is 10.2. The van der Waals surface area contributed by atoms with Crippen molar-refractivity contribution in [1.29, 1.82) is 0 Å². The third kappa shape index (κ3) is 2.59. The van der Waals surface area contributed by atoms with Crippen LogP contribution < -0.4 is 5.32 Å². The van der Waals surface area contributed by atoms with Crippen molar-refractivity contribution in [3.05, 3.63) is 48.5 Å². The van der Waals surface area contributed by atoms with Crippen LogP contribution in [0.15, 0.2) is 43.0 Å². The third-order valence-electron chi connectivity index (χ3n) is 2.53. The van der Waals surface area contributed by atoms with Crippen molar-refractivity contribution >= 4 is 17.0 Å². The number of aromatic amines is 1. The number of fused-ring (bicyclic) bond motifs is 1. The first-order chi connectivity index (χ1) is 8.43. The minimum Gasteiger partial charge on any atom is -0.364 e. The summed E-state index contributed by atoms with van der Waals surface area (Å²) in [5, 5.41) is 3.27. The van der Waals surface area contributed by atoms with Gasteiger partial charge < -0.3 is 10.3 Å². The van der Waals surface area contributed by atoms with Crippen LogP contribution in [0.2, 0.25) is 0 Å². The van der Waals surface area contributed by atoms with Crippen molar-refractivity contribution in [2.75, 3.05) is 5.32 Å². The van der Waals surface area contributed by atoms with Crippen LogP contribution in [0.25, 0.3) is 11.2 Å². The first kappa shape index (κ1) is 12.8. The van der Waals surface area contributed by atoms with Crippen LogP contribution in [0.4, 0.5) is 5.82 Å². The predicted molar refractivity (Wildman–Crippen MR) is 65.5 cm³/mol. The van der Waals surface area contributed by atoms with Gasteiger partial charge in [-0.05, 0) is 5.56 Å². The fourth-order valence-corrected chi connectivity index (χ4v) is 1.68. The Morgan fingerprint density at radius 2 is 1.89 bits per heavy atom. The van der Waals surface area contributed by atoms with Crippen LogP contribution in [0.3, 0.4) is 0 Å². The number of anilines is 1. The van der Waals surface area contributed by atoms with Crippen molar-refractivity contribution in [3.8, 4) is 0 Å². The first-order valence-electron chi connectivity index (χ1n) is 5.35. The molecule has 95 valence electrons. The molecule has 1 radical (unpaired) electrons. The molecule has 0 saturated carbocycles. The summed E-state index contributed by atoms with van der Waals surface area (Å²) in [4.78, 5) is 15.4. The van der Waals surface area contributed by atoms with E-state index < -0.39 is 0 Å². The first-order valence-corrected chi connectivity index (χ1v) is 5.35. The zero-order chi connectivity index (χ0) is 11.5. The molecular weight excluding hydrogens is 322 g/mol. The van der Waals surface area contributed by atoms with Gasteiger partial charge in [0, 0.05) is 28.9 Å². The maximum absolute atomic E-state index is 4.20. The number of nitrogens with one attached hydrogen (secondary N) is 2. The Balaban J connectivity index is 0.00000120. The number of imidazole rings is 1. The van der Waals surface area contributed by atoms with Gasteiger partial charge in [-0.15, -0.1) is 0 Å². The summed E-state index contributed by atoms with van der Waals surface area (Å²) in [6.45, 7) is 0.728. The van der Waals surface area contributed by atoms with Gasteiger partial charge in [-0.25, -0.2) is 15.0 Å². The Morgan fingerprint density at radius 3 is 2.72 bits per heavy atom. The van der Waals surface area contributed by atoms with Crippen molar-refractivity contribution in [3.63, 3.8) is 0 Å². The van der Waals surface area contributed by atoms with E-state index in [1.807, 2.05) is 18.2 Å². The van der Waals surface area contributed by atoms with Crippen LogP contribution in [-0.2, 0) is 28.9 Å². The summed E-state index contributed by atoms with van der Waals surface area (Å²) in [6.07, 6.45) is 3.13. The fraction of sp³-hybridized carbons (Fsp3) is 0.0833. The molecule has 18 heavy (non-hydrogen) atoms. The second kappa shape index (κ2) is 5.77. The molecule has 6 heteroatoms. The average Bonchev–Trinajstić information content (AvgIpc) is 2.86. The topological polar surface area (TPSA) is 66.5 Å². The van der Waals surface area contributed by atoms with Gasteiger partial charge in [0.25, 0.3) is 0 Å². The molecule has 2 aromatic heterocycles. The minimum absolute atomic E-state index is 0. The van der Waals surface area contributed by atoms with Crippen molar-refractivity contribution in [1.82, 2.24) is 19.9 Å². The van der Waals surface area contributed by atoms with E-state index in [9.17, 15) is 0 Å². The van der Waals surface area contributed by atoms with E-state index in [2.05, 4.69) is 37.4 Å². The SMILES string of the molecule is [Ag].c1ccc(CNc2ncnc3nc[nH]c23)cc1. The quantitative estimate of drug-likeness (QED) is 0.719. The summed E-state index contributed by atoms with van der Waals surface area (Å²) >= 11 is 0. The van der Waals surface area contributed by atoms with Gasteiger partial charge in [-0.2, -0.15) is 0 Å². The van der Waals surface area contributed by atoms with E-state index in [0.717, 1.165) is 17.9 Å². The van der Waals surface area contributed by atoms with Gasteiger partial charge in [-0.1, -0.05) is 30.3 Å². The van der Waals surface area contributed by atoms with E-state index in [-0.39, 0.29) is 22.4 Å². The van der Waals surface area contributed by atoms with Crippen molar-refractivity contribution < 1.29 is 22.4 Å². The molecular formula is C12H11AgN5. The Hall–Kier alpha value is -1.69. The van der Waals surface area contributed by atoms with E-state index in [0.29, 0.717) is 5.65 Å². The largest absolute Gasteiger partial charge is 0.364 e. The molecule has 3 rings (SSSR count). The number of nitrogens with zero attached hydrogens (tertiary/aromatic N) is 3. The van der Waals surface area contributed by atoms with E-state index in [1.54, 1.807) is 6.33 Å². The van der Waals surface area contributed by atoms with E-state index in [1.165, 1.54) is 11.9 Å². The number of rotatable bonds is 3. The van der Waals surface area contributed by atoms with Gasteiger partial charge in [0.15, 0.2) is 11.5 Å². The monoisotopic (exact) mass is 332 g/mol. The van der Waals surface area contributed by atoms with Crippen molar-refractivity contribution in [2.45, 2.75) is 6.54 Å². The van der Waals surface area contributed by atoms with Crippen LogP contribution >= 0.6 is 0 Å². The second-order valence-electron chi connectivity index (χ2n) is 3.66. The van der Waals surface area contributed by atoms with Gasteiger partial charge >= 0.3 is 0 Å². The Labute approximate surface area is 120 Å². The molecule has 0 bridgehead atoms. The molecule has 0 aliphatic carbocycles. The number of H-pyrrole nitrogens is 1. The van der Waals surface area contributed by atoms with Crippen LogP contribution in [0.5, 0.6) is 0 Å². The zero-order valence-electron chi connectivity index (χ0n) is 9.39. The number of hydrogen-bond acceptors (Lipinski definition) is 4. The Bertz CT molecular complexity index is 622. The molecule has 0 unspecified atom stereocenters. The normalized spacial score (nSPS) is 10.0. The molecule has 2 heterocycles.